The molecule has 0 aliphatic carbocycles. The van der Waals surface area contributed by atoms with Crippen molar-refractivity contribution in [3.8, 4) is 0 Å². The fourth-order valence-electron chi connectivity index (χ4n) is 2.11. The van der Waals surface area contributed by atoms with Crippen molar-refractivity contribution in [3.05, 3.63) is 59.7 Å². The van der Waals surface area contributed by atoms with Crippen molar-refractivity contribution < 1.29 is 22.8 Å². The molecule has 0 aliphatic rings. The summed E-state index contributed by atoms with van der Waals surface area (Å²) >= 11 is 0. The van der Waals surface area contributed by atoms with Crippen LogP contribution in [0, 0.1) is 6.92 Å². The van der Waals surface area contributed by atoms with Crippen LogP contribution in [0.2, 0.25) is 0 Å². The first kappa shape index (κ1) is 17.5. The van der Waals surface area contributed by atoms with Crippen LogP contribution in [0.25, 0.3) is 0 Å². The Hall–Kier alpha value is -2.83. The van der Waals surface area contributed by atoms with E-state index in [1.807, 2.05) is 13.0 Å². The first-order valence-electron chi connectivity index (χ1n) is 7.08. The summed E-state index contributed by atoms with van der Waals surface area (Å²) in [5.41, 5.74) is 0.107. The average Bonchev–Trinajstić information content (AvgIpc) is 2.46. The molecule has 0 heterocycles. The minimum Gasteiger partial charge on any atom is -0.326 e. The van der Waals surface area contributed by atoms with Crippen LogP contribution in [0.5, 0.6) is 0 Å². The Bertz CT molecular complexity index is 757. The van der Waals surface area contributed by atoms with Gasteiger partial charge in [0.05, 0.1) is 11.3 Å². The average molecular weight is 336 g/mol. The third-order valence-corrected chi connectivity index (χ3v) is 3.13. The molecule has 2 aromatic carbocycles. The van der Waals surface area contributed by atoms with Crippen LogP contribution in [0.1, 0.15) is 17.5 Å². The van der Waals surface area contributed by atoms with Gasteiger partial charge in [-0.05, 0) is 36.8 Å². The van der Waals surface area contributed by atoms with Crippen molar-refractivity contribution in [2.75, 3.05) is 10.6 Å². The van der Waals surface area contributed by atoms with Gasteiger partial charge in [-0.1, -0.05) is 24.3 Å². The van der Waals surface area contributed by atoms with Gasteiger partial charge < -0.3 is 10.6 Å². The lowest BCUT2D eigenvalue weighted by Gasteiger charge is -2.13. The van der Waals surface area contributed by atoms with E-state index in [1.165, 1.54) is 12.1 Å². The standard InChI is InChI=1S/C17H15F3N2O2/c1-11-5-4-6-12(9-11)21-15(23)10-16(24)22-14-8-3-2-7-13(14)17(18,19)20/h2-9H,10H2,1H3,(H,21,23)(H,22,24). The van der Waals surface area contributed by atoms with Crippen LogP contribution >= 0.6 is 0 Å². The number of benzene rings is 2. The number of alkyl halides is 3. The molecule has 7 heteroatoms. The van der Waals surface area contributed by atoms with Gasteiger partial charge in [0.25, 0.3) is 0 Å². The number of carbonyl (C=O) groups is 2. The van der Waals surface area contributed by atoms with E-state index in [1.54, 1.807) is 18.2 Å². The summed E-state index contributed by atoms with van der Waals surface area (Å²) in [5.74, 6) is -1.43. The zero-order chi connectivity index (χ0) is 17.7. The molecule has 0 spiro atoms. The summed E-state index contributed by atoms with van der Waals surface area (Å²) in [6, 6.07) is 11.6. The Kier molecular flexibility index (Phi) is 5.23. The Morgan fingerprint density at radius 2 is 1.62 bits per heavy atom. The molecule has 0 radical (unpaired) electrons. The number of aryl methyl sites for hydroxylation is 1. The maximum atomic E-state index is 12.9. The Morgan fingerprint density at radius 3 is 2.29 bits per heavy atom. The van der Waals surface area contributed by atoms with Crippen LogP contribution in [-0.2, 0) is 15.8 Å². The van der Waals surface area contributed by atoms with Crippen LogP contribution < -0.4 is 10.6 Å². The summed E-state index contributed by atoms with van der Waals surface area (Å²) in [7, 11) is 0. The number of anilines is 2. The molecular formula is C17H15F3N2O2. The van der Waals surface area contributed by atoms with E-state index in [9.17, 15) is 22.8 Å². The van der Waals surface area contributed by atoms with Crippen LogP contribution in [0.4, 0.5) is 24.5 Å². The summed E-state index contributed by atoms with van der Waals surface area (Å²) in [4.78, 5) is 23.6. The minimum absolute atomic E-state index is 0.377. The van der Waals surface area contributed by atoms with E-state index in [0.29, 0.717) is 5.69 Å². The van der Waals surface area contributed by atoms with Gasteiger partial charge in [-0.2, -0.15) is 13.2 Å². The molecule has 0 unspecified atom stereocenters. The van der Waals surface area contributed by atoms with Crippen molar-refractivity contribution in [2.24, 2.45) is 0 Å². The number of carbonyl (C=O) groups excluding carboxylic acids is 2. The molecule has 0 saturated heterocycles. The van der Waals surface area contributed by atoms with Crippen molar-refractivity contribution in [2.45, 2.75) is 19.5 Å². The number of hydrogen-bond acceptors (Lipinski definition) is 2. The van der Waals surface area contributed by atoms with Crippen LogP contribution in [0.15, 0.2) is 48.5 Å². The molecule has 2 N–H and O–H groups in total. The van der Waals surface area contributed by atoms with Gasteiger partial charge in [0.2, 0.25) is 11.8 Å². The van der Waals surface area contributed by atoms with E-state index in [4.69, 9.17) is 0 Å². The molecule has 2 amide bonds. The SMILES string of the molecule is Cc1cccc(NC(=O)CC(=O)Nc2ccccc2C(F)(F)F)c1. The van der Waals surface area contributed by atoms with Gasteiger partial charge in [0.15, 0.2) is 0 Å². The lowest BCUT2D eigenvalue weighted by molar-refractivity contribution is -0.137. The summed E-state index contributed by atoms with van der Waals surface area (Å²) in [6.07, 6.45) is -5.17. The number of amides is 2. The molecule has 2 aromatic rings. The lowest BCUT2D eigenvalue weighted by atomic mass is 10.1. The predicted octanol–water partition coefficient (Wildman–Crippen LogP) is 3.98. The molecule has 24 heavy (non-hydrogen) atoms. The number of rotatable bonds is 4. The number of nitrogens with one attached hydrogen (secondary N) is 2. The van der Waals surface area contributed by atoms with Gasteiger partial charge in [-0.3, -0.25) is 9.59 Å². The van der Waals surface area contributed by atoms with Gasteiger partial charge in [0.1, 0.15) is 6.42 Å². The second-order valence-electron chi connectivity index (χ2n) is 5.19. The summed E-state index contributed by atoms with van der Waals surface area (Å²) in [5, 5.41) is 4.65. The fraction of sp³-hybridized carbons (Fsp3) is 0.176. The van der Waals surface area contributed by atoms with E-state index in [-0.39, 0.29) is 5.69 Å². The zero-order valence-corrected chi connectivity index (χ0v) is 12.8. The number of halogens is 3. The van der Waals surface area contributed by atoms with E-state index < -0.39 is 30.0 Å². The predicted molar refractivity (Wildman–Crippen MR) is 84.5 cm³/mol. The molecule has 0 saturated carbocycles. The Morgan fingerprint density at radius 1 is 0.958 bits per heavy atom. The fourth-order valence-corrected chi connectivity index (χ4v) is 2.11. The van der Waals surface area contributed by atoms with Crippen molar-refractivity contribution in [3.63, 3.8) is 0 Å². The summed E-state index contributed by atoms with van der Waals surface area (Å²) in [6.45, 7) is 1.84. The highest BCUT2D eigenvalue weighted by Gasteiger charge is 2.33. The number of hydrogen-bond donors (Lipinski definition) is 2. The molecule has 4 nitrogen and oxygen atoms in total. The highest BCUT2D eigenvalue weighted by Crippen LogP contribution is 2.34. The minimum atomic E-state index is -4.59. The molecular weight excluding hydrogens is 321 g/mol. The molecule has 0 aromatic heterocycles. The molecule has 0 atom stereocenters. The Balaban J connectivity index is 2.00. The summed E-state index contributed by atoms with van der Waals surface area (Å²) < 4.78 is 38.6. The molecule has 0 bridgehead atoms. The first-order chi connectivity index (χ1) is 11.3. The molecule has 2 rings (SSSR count). The lowest BCUT2D eigenvalue weighted by Crippen LogP contribution is -2.22. The van der Waals surface area contributed by atoms with Crippen LogP contribution in [-0.4, -0.2) is 11.8 Å². The molecule has 0 aliphatic heterocycles. The second-order valence-corrected chi connectivity index (χ2v) is 5.19. The number of para-hydroxylation sites is 1. The van der Waals surface area contributed by atoms with Gasteiger partial charge >= 0.3 is 6.18 Å². The normalized spacial score (nSPS) is 11.0. The van der Waals surface area contributed by atoms with Crippen molar-refractivity contribution in [1.82, 2.24) is 0 Å². The highest BCUT2D eigenvalue weighted by molar-refractivity contribution is 6.08. The first-order valence-corrected chi connectivity index (χ1v) is 7.08. The molecule has 0 fully saturated rings. The van der Waals surface area contributed by atoms with Gasteiger partial charge in [-0.25, -0.2) is 0 Å². The molecule has 126 valence electrons. The van der Waals surface area contributed by atoms with Crippen molar-refractivity contribution in [1.29, 1.82) is 0 Å². The maximum Gasteiger partial charge on any atom is 0.418 e. The Labute approximate surface area is 136 Å². The largest absolute Gasteiger partial charge is 0.418 e. The van der Waals surface area contributed by atoms with E-state index >= 15 is 0 Å². The second kappa shape index (κ2) is 7.16. The van der Waals surface area contributed by atoms with Crippen LogP contribution in [0.3, 0.4) is 0 Å². The van der Waals surface area contributed by atoms with Gasteiger partial charge in [-0.15, -0.1) is 0 Å². The smallest absolute Gasteiger partial charge is 0.326 e. The maximum absolute atomic E-state index is 12.9. The third kappa shape index (κ3) is 4.84. The van der Waals surface area contributed by atoms with E-state index in [0.717, 1.165) is 17.7 Å². The highest BCUT2D eigenvalue weighted by atomic mass is 19.4. The van der Waals surface area contributed by atoms with Crippen molar-refractivity contribution >= 4 is 23.2 Å². The topological polar surface area (TPSA) is 58.2 Å². The van der Waals surface area contributed by atoms with E-state index in [2.05, 4.69) is 10.6 Å². The van der Waals surface area contributed by atoms with Gasteiger partial charge in [0, 0.05) is 5.69 Å². The quantitative estimate of drug-likeness (QED) is 0.830. The third-order valence-electron chi connectivity index (χ3n) is 3.13. The monoisotopic (exact) mass is 336 g/mol. The zero-order valence-electron chi connectivity index (χ0n) is 12.8.